The molecule has 3 heteroatoms. The van der Waals surface area contributed by atoms with E-state index in [-0.39, 0.29) is 6.04 Å². The second kappa shape index (κ2) is 5.22. The fourth-order valence-corrected chi connectivity index (χ4v) is 3.45. The van der Waals surface area contributed by atoms with E-state index in [1.54, 1.807) is 11.3 Å². The molecule has 1 atom stereocenters. The average Bonchev–Trinajstić information content (AvgIpc) is 3.06. The van der Waals surface area contributed by atoms with Crippen molar-refractivity contribution in [2.45, 2.75) is 31.7 Å². The normalized spacial score (nSPS) is 15.6. The van der Waals surface area contributed by atoms with E-state index >= 15 is 0 Å². The van der Waals surface area contributed by atoms with E-state index in [0.29, 0.717) is 0 Å². The third-order valence-corrected chi connectivity index (χ3v) is 4.45. The van der Waals surface area contributed by atoms with Crippen molar-refractivity contribution < 1.29 is 0 Å². The third-order valence-electron chi connectivity index (χ3n) is 3.75. The SMILES string of the molecule is NNC(Cc1ccc2c(c1)CCC2)c1ccsc1. The molecule has 1 aromatic carbocycles. The van der Waals surface area contributed by atoms with Crippen LogP contribution < -0.4 is 11.3 Å². The van der Waals surface area contributed by atoms with Crippen LogP contribution in [0.5, 0.6) is 0 Å². The molecule has 1 aromatic heterocycles. The minimum atomic E-state index is 0.218. The number of benzene rings is 1. The molecule has 2 nitrogen and oxygen atoms in total. The van der Waals surface area contributed by atoms with E-state index in [1.165, 1.54) is 41.5 Å². The third kappa shape index (κ3) is 2.34. The van der Waals surface area contributed by atoms with Gasteiger partial charge in [0, 0.05) is 0 Å². The smallest absolute Gasteiger partial charge is 0.0508 e. The van der Waals surface area contributed by atoms with Gasteiger partial charge >= 0.3 is 0 Å². The average molecular weight is 258 g/mol. The number of aryl methyl sites for hydroxylation is 2. The summed E-state index contributed by atoms with van der Waals surface area (Å²) in [5, 5.41) is 4.26. The number of fused-ring (bicyclic) bond motifs is 1. The van der Waals surface area contributed by atoms with Crippen molar-refractivity contribution in [1.29, 1.82) is 0 Å². The minimum Gasteiger partial charge on any atom is -0.271 e. The summed E-state index contributed by atoms with van der Waals surface area (Å²) in [6.07, 6.45) is 4.75. The Morgan fingerprint density at radius 2 is 2.11 bits per heavy atom. The Labute approximate surface area is 112 Å². The molecule has 3 N–H and O–H groups in total. The van der Waals surface area contributed by atoms with Crippen molar-refractivity contribution in [1.82, 2.24) is 5.43 Å². The van der Waals surface area contributed by atoms with Crippen LogP contribution in [0.25, 0.3) is 0 Å². The molecule has 0 saturated heterocycles. The molecule has 18 heavy (non-hydrogen) atoms. The number of hydrogen-bond acceptors (Lipinski definition) is 3. The van der Waals surface area contributed by atoms with Crippen LogP contribution >= 0.6 is 11.3 Å². The summed E-state index contributed by atoms with van der Waals surface area (Å²) in [6.45, 7) is 0. The number of nitrogens with one attached hydrogen (secondary N) is 1. The predicted molar refractivity (Wildman–Crippen MR) is 76.6 cm³/mol. The van der Waals surface area contributed by atoms with Gasteiger partial charge in [-0.1, -0.05) is 18.2 Å². The molecule has 1 unspecified atom stereocenters. The van der Waals surface area contributed by atoms with Gasteiger partial charge in [0.25, 0.3) is 0 Å². The molecule has 3 rings (SSSR count). The molecule has 0 amide bonds. The van der Waals surface area contributed by atoms with Gasteiger partial charge in [0.1, 0.15) is 0 Å². The topological polar surface area (TPSA) is 38.0 Å². The fraction of sp³-hybridized carbons (Fsp3) is 0.333. The molecule has 0 spiro atoms. The monoisotopic (exact) mass is 258 g/mol. The molecule has 1 heterocycles. The van der Waals surface area contributed by atoms with Crippen molar-refractivity contribution in [2.24, 2.45) is 5.84 Å². The van der Waals surface area contributed by atoms with Gasteiger partial charge < -0.3 is 0 Å². The van der Waals surface area contributed by atoms with Crippen LogP contribution in [0.3, 0.4) is 0 Å². The first-order chi connectivity index (χ1) is 8.86. The van der Waals surface area contributed by atoms with Gasteiger partial charge in [-0.25, -0.2) is 0 Å². The summed E-state index contributed by atoms with van der Waals surface area (Å²) in [7, 11) is 0. The van der Waals surface area contributed by atoms with E-state index in [1.807, 2.05) is 0 Å². The van der Waals surface area contributed by atoms with Crippen molar-refractivity contribution >= 4 is 11.3 Å². The fourth-order valence-electron chi connectivity index (χ4n) is 2.73. The molecule has 0 aliphatic heterocycles. The molecule has 0 bridgehead atoms. The number of thiophene rings is 1. The molecule has 0 radical (unpaired) electrons. The Morgan fingerprint density at radius 3 is 2.89 bits per heavy atom. The summed E-state index contributed by atoms with van der Waals surface area (Å²) < 4.78 is 0. The number of hydrogen-bond donors (Lipinski definition) is 2. The van der Waals surface area contributed by atoms with E-state index < -0.39 is 0 Å². The molecule has 2 aromatic rings. The van der Waals surface area contributed by atoms with Crippen molar-refractivity contribution in [3.63, 3.8) is 0 Å². The number of nitrogens with two attached hydrogens (primary N) is 1. The van der Waals surface area contributed by atoms with Crippen LogP contribution in [0, 0.1) is 0 Å². The van der Waals surface area contributed by atoms with Gasteiger partial charge in [0.15, 0.2) is 0 Å². The van der Waals surface area contributed by atoms with Gasteiger partial charge in [-0.2, -0.15) is 11.3 Å². The highest BCUT2D eigenvalue weighted by atomic mass is 32.1. The lowest BCUT2D eigenvalue weighted by Gasteiger charge is -2.15. The summed E-state index contributed by atoms with van der Waals surface area (Å²) in [5.74, 6) is 5.68. The Morgan fingerprint density at radius 1 is 1.22 bits per heavy atom. The highest BCUT2D eigenvalue weighted by Crippen LogP contribution is 2.26. The lowest BCUT2D eigenvalue weighted by atomic mass is 9.98. The van der Waals surface area contributed by atoms with Crippen molar-refractivity contribution in [3.05, 3.63) is 57.3 Å². The first kappa shape index (κ1) is 11.9. The maximum Gasteiger partial charge on any atom is 0.0508 e. The Balaban J connectivity index is 1.79. The summed E-state index contributed by atoms with van der Waals surface area (Å²) in [6, 6.07) is 9.26. The van der Waals surface area contributed by atoms with Crippen LogP contribution in [-0.2, 0) is 19.3 Å². The standard InChI is InChI=1S/C15H18N2S/c16-17-15(14-6-7-18-10-14)9-11-4-5-12-2-1-3-13(12)8-11/h4-8,10,15,17H,1-3,9,16H2. The van der Waals surface area contributed by atoms with E-state index in [4.69, 9.17) is 5.84 Å². The molecular formula is C15H18N2S. The minimum absolute atomic E-state index is 0.218. The zero-order valence-electron chi connectivity index (χ0n) is 10.4. The second-order valence-electron chi connectivity index (χ2n) is 4.94. The van der Waals surface area contributed by atoms with Gasteiger partial charge in [0.2, 0.25) is 0 Å². The molecule has 0 saturated carbocycles. The largest absolute Gasteiger partial charge is 0.271 e. The Bertz CT molecular complexity index is 519. The lowest BCUT2D eigenvalue weighted by molar-refractivity contribution is 0.553. The first-order valence-corrected chi connectivity index (χ1v) is 7.40. The van der Waals surface area contributed by atoms with Gasteiger partial charge in [-0.3, -0.25) is 11.3 Å². The summed E-state index contributed by atoms with van der Waals surface area (Å²) in [5.41, 5.74) is 8.66. The molecular weight excluding hydrogens is 240 g/mol. The molecule has 1 aliphatic carbocycles. The van der Waals surface area contributed by atoms with Crippen molar-refractivity contribution in [3.8, 4) is 0 Å². The highest BCUT2D eigenvalue weighted by Gasteiger charge is 2.14. The lowest BCUT2D eigenvalue weighted by Crippen LogP contribution is -2.29. The summed E-state index contributed by atoms with van der Waals surface area (Å²) >= 11 is 1.72. The number of hydrazine groups is 1. The molecule has 0 fully saturated rings. The van der Waals surface area contributed by atoms with Crippen molar-refractivity contribution in [2.75, 3.05) is 0 Å². The van der Waals surface area contributed by atoms with Gasteiger partial charge in [-0.15, -0.1) is 0 Å². The second-order valence-corrected chi connectivity index (χ2v) is 5.72. The van der Waals surface area contributed by atoms with E-state index in [2.05, 4.69) is 40.5 Å². The highest BCUT2D eigenvalue weighted by molar-refractivity contribution is 7.07. The zero-order chi connectivity index (χ0) is 12.4. The number of rotatable bonds is 4. The van der Waals surface area contributed by atoms with Gasteiger partial charge in [-0.05, 0) is 64.8 Å². The Kier molecular flexibility index (Phi) is 3.46. The molecule has 1 aliphatic rings. The molecule has 94 valence electrons. The summed E-state index contributed by atoms with van der Waals surface area (Å²) in [4.78, 5) is 0. The van der Waals surface area contributed by atoms with Gasteiger partial charge in [0.05, 0.1) is 6.04 Å². The quantitative estimate of drug-likeness (QED) is 0.653. The zero-order valence-corrected chi connectivity index (χ0v) is 11.2. The Hall–Kier alpha value is -1.16. The predicted octanol–water partition coefficient (Wildman–Crippen LogP) is 2.98. The maximum absolute atomic E-state index is 5.68. The van der Waals surface area contributed by atoms with Crippen LogP contribution in [-0.4, -0.2) is 0 Å². The van der Waals surface area contributed by atoms with Crippen LogP contribution in [0.2, 0.25) is 0 Å². The van der Waals surface area contributed by atoms with Crippen LogP contribution in [0.4, 0.5) is 0 Å². The van der Waals surface area contributed by atoms with E-state index in [9.17, 15) is 0 Å². The van der Waals surface area contributed by atoms with E-state index in [0.717, 1.165) is 6.42 Å². The first-order valence-electron chi connectivity index (χ1n) is 6.46. The van der Waals surface area contributed by atoms with Crippen LogP contribution in [0.1, 0.15) is 34.7 Å². The van der Waals surface area contributed by atoms with Crippen LogP contribution in [0.15, 0.2) is 35.0 Å². The maximum atomic E-state index is 5.68.